The van der Waals surface area contributed by atoms with Crippen molar-refractivity contribution in [1.29, 1.82) is 0 Å². The molecule has 3 heterocycles. The van der Waals surface area contributed by atoms with Gasteiger partial charge in [0.25, 0.3) is 5.91 Å². The second kappa shape index (κ2) is 7.50. The summed E-state index contributed by atoms with van der Waals surface area (Å²) in [5.41, 5.74) is 2.46. The summed E-state index contributed by atoms with van der Waals surface area (Å²) >= 11 is 0. The molecule has 1 aliphatic carbocycles. The van der Waals surface area contributed by atoms with E-state index in [1.54, 1.807) is 24.5 Å². The molecule has 1 amide bonds. The smallest absolute Gasteiger partial charge is 0.254 e. The summed E-state index contributed by atoms with van der Waals surface area (Å²) in [6.45, 7) is 1.56. The lowest BCUT2D eigenvalue weighted by Crippen LogP contribution is -2.44. The molecular weight excluding hydrogens is 367 g/mol. The Morgan fingerprint density at radius 2 is 1.83 bits per heavy atom. The molecule has 3 aromatic rings. The Morgan fingerprint density at radius 3 is 2.66 bits per heavy atom. The van der Waals surface area contributed by atoms with Crippen LogP contribution in [-0.2, 0) is 0 Å². The highest BCUT2D eigenvalue weighted by Crippen LogP contribution is 2.37. The van der Waals surface area contributed by atoms with E-state index in [0.717, 1.165) is 31.0 Å². The number of fused-ring (bicyclic) bond motifs is 2. The maximum absolute atomic E-state index is 14.0. The molecule has 1 aromatic carbocycles. The summed E-state index contributed by atoms with van der Waals surface area (Å²) < 4.78 is 14.0. The van der Waals surface area contributed by atoms with Crippen LogP contribution >= 0.6 is 0 Å². The summed E-state index contributed by atoms with van der Waals surface area (Å²) in [4.78, 5) is 28.2. The highest BCUT2D eigenvalue weighted by molar-refractivity contribution is 6.07. The van der Waals surface area contributed by atoms with E-state index in [-0.39, 0.29) is 11.7 Å². The first-order valence-electron chi connectivity index (χ1n) is 10.3. The monoisotopic (exact) mass is 390 g/mol. The van der Waals surface area contributed by atoms with Gasteiger partial charge < -0.3 is 4.90 Å². The lowest BCUT2D eigenvalue weighted by atomic mass is 9.75. The van der Waals surface area contributed by atoms with Crippen molar-refractivity contribution in [3.63, 3.8) is 0 Å². The van der Waals surface area contributed by atoms with Crippen molar-refractivity contribution in [3.05, 3.63) is 54.4 Å². The van der Waals surface area contributed by atoms with E-state index in [0.29, 0.717) is 28.1 Å². The van der Waals surface area contributed by atoms with Crippen molar-refractivity contribution in [1.82, 2.24) is 19.9 Å². The molecule has 0 radical (unpaired) electrons. The van der Waals surface area contributed by atoms with Crippen LogP contribution in [0.3, 0.4) is 0 Å². The maximum atomic E-state index is 14.0. The average molecular weight is 390 g/mol. The van der Waals surface area contributed by atoms with Crippen LogP contribution in [0.2, 0.25) is 0 Å². The van der Waals surface area contributed by atoms with Gasteiger partial charge in [0.05, 0.1) is 16.8 Å². The SMILES string of the molecule is O=C(c1cc(-c2cncnc2)nc2ccc(F)cc12)N1CC[C@@H]2CCCC[C@H]2C1. The molecular formula is C23H23FN4O. The third-order valence-corrected chi connectivity index (χ3v) is 6.44. The molecule has 0 unspecified atom stereocenters. The number of benzene rings is 1. The van der Waals surface area contributed by atoms with Gasteiger partial charge in [-0.25, -0.2) is 19.3 Å². The fourth-order valence-electron chi connectivity index (χ4n) is 4.91. The van der Waals surface area contributed by atoms with Crippen molar-refractivity contribution >= 4 is 16.8 Å². The van der Waals surface area contributed by atoms with E-state index in [4.69, 9.17) is 0 Å². The fraction of sp³-hybridized carbons (Fsp3) is 0.391. The fourth-order valence-corrected chi connectivity index (χ4v) is 4.91. The van der Waals surface area contributed by atoms with Crippen LogP contribution in [0.1, 0.15) is 42.5 Å². The molecule has 6 heteroatoms. The number of hydrogen-bond donors (Lipinski definition) is 0. The quantitative estimate of drug-likeness (QED) is 0.647. The number of carbonyl (C=O) groups is 1. The first-order chi connectivity index (χ1) is 14.2. The molecule has 1 aliphatic heterocycles. The van der Waals surface area contributed by atoms with Crippen LogP contribution < -0.4 is 0 Å². The van der Waals surface area contributed by atoms with E-state index in [9.17, 15) is 9.18 Å². The Morgan fingerprint density at radius 1 is 1.03 bits per heavy atom. The van der Waals surface area contributed by atoms with Crippen LogP contribution in [0.5, 0.6) is 0 Å². The number of carbonyl (C=O) groups excluding carboxylic acids is 1. The van der Waals surface area contributed by atoms with E-state index in [2.05, 4.69) is 15.0 Å². The number of likely N-dealkylation sites (tertiary alicyclic amines) is 1. The number of nitrogens with zero attached hydrogens (tertiary/aromatic N) is 4. The topological polar surface area (TPSA) is 59.0 Å². The van der Waals surface area contributed by atoms with Crippen LogP contribution in [0, 0.1) is 17.7 Å². The molecule has 2 aliphatic rings. The van der Waals surface area contributed by atoms with Gasteiger partial charge in [0.2, 0.25) is 0 Å². The lowest BCUT2D eigenvalue weighted by Gasteiger charge is -2.41. The molecule has 29 heavy (non-hydrogen) atoms. The van der Waals surface area contributed by atoms with Crippen molar-refractivity contribution in [2.24, 2.45) is 11.8 Å². The predicted octanol–water partition coefficient (Wildman–Crippen LogP) is 4.48. The Kier molecular flexibility index (Phi) is 4.70. The van der Waals surface area contributed by atoms with Gasteiger partial charge in [-0.2, -0.15) is 0 Å². The van der Waals surface area contributed by atoms with Gasteiger partial charge in [0.15, 0.2) is 0 Å². The maximum Gasteiger partial charge on any atom is 0.254 e. The largest absolute Gasteiger partial charge is 0.338 e. The zero-order valence-electron chi connectivity index (χ0n) is 16.2. The Labute approximate surface area is 169 Å². The van der Waals surface area contributed by atoms with Crippen LogP contribution in [0.4, 0.5) is 4.39 Å². The van der Waals surface area contributed by atoms with Crippen molar-refractivity contribution in [3.8, 4) is 11.3 Å². The molecule has 0 N–H and O–H groups in total. The summed E-state index contributed by atoms with van der Waals surface area (Å²) in [5, 5.41) is 0.557. The van der Waals surface area contributed by atoms with Crippen molar-refractivity contribution in [2.45, 2.75) is 32.1 Å². The van der Waals surface area contributed by atoms with E-state index >= 15 is 0 Å². The van der Waals surface area contributed by atoms with Gasteiger partial charge in [0, 0.05) is 36.4 Å². The number of hydrogen-bond acceptors (Lipinski definition) is 4. The van der Waals surface area contributed by atoms with Gasteiger partial charge >= 0.3 is 0 Å². The first-order valence-corrected chi connectivity index (χ1v) is 10.3. The molecule has 1 saturated carbocycles. The number of piperidine rings is 1. The zero-order valence-corrected chi connectivity index (χ0v) is 16.2. The van der Waals surface area contributed by atoms with Gasteiger partial charge in [-0.3, -0.25) is 4.79 Å². The first kappa shape index (κ1) is 18.2. The lowest BCUT2D eigenvalue weighted by molar-refractivity contribution is 0.0522. The van der Waals surface area contributed by atoms with Gasteiger partial charge in [-0.05, 0) is 48.9 Å². The summed E-state index contributed by atoms with van der Waals surface area (Å²) in [6, 6.07) is 6.18. The predicted molar refractivity (Wildman–Crippen MR) is 109 cm³/mol. The van der Waals surface area contributed by atoms with Gasteiger partial charge in [-0.1, -0.05) is 19.3 Å². The average Bonchev–Trinajstić information content (AvgIpc) is 2.78. The molecule has 0 spiro atoms. The molecule has 5 rings (SSSR count). The number of pyridine rings is 1. The van der Waals surface area contributed by atoms with Gasteiger partial charge in [-0.15, -0.1) is 0 Å². The zero-order chi connectivity index (χ0) is 19.8. The molecule has 5 nitrogen and oxygen atoms in total. The van der Waals surface area contributed by atoms with Crippen LogP contribution in [0.15, 0.2) is 43.0 Å². The van der Waals surface area contributed by atoms with Crippen molar-refractivity contribution in [2.75, 3.05) is 13.1 Å². The third kappa shape index (κ3) is 3.48. The number of halogens is 1. The number of amides is 1. The molecule has 0 bridgehead atoms. The summed E-state index contributed by atoms with van der Waals surface area (Å²) in [6.07, 6.45) is 10.9. The highest BCUT2D eigenvalue weighted by Gasteiger charge is 2.33. The standard InChI is InChI=1S/C23H23FN4O/c24-18-5-6-21-19(9-18)20(10-22(27-21)17-11-25-14-26-12-17)23(29)28-8-7-15-3-1-2-4-16(15)13-28/h5-6,9-12,14-16H,1-4,7-8,13H2/t15-,16-/m0/s1. The van der Waals surface area contributed by atoms with Crippen molar-refractivity contribution < 1.29 is 9.18 Å². The van der Waals surface area contributed by atoms with E-state index in [1.165, 1.54) is 44.1 Å². The Balaban J connectivity index is 1.55. The normalized spacial score (nSPS) is 21.8. The van der Waals surface area contributed by atoms with Gasteiger partial charge in [0.1, 0.15) is 12.1 Å². The summed E-state index contributed by atoms with van der Waals surface area (Å²) in [7, 11) is 0. The third-order valence-electron chi connectivity index (χ3n) is 6.44. The minimum atomic E-state index is -0.366. The highest BCUT2D eigenvalue weighted by atomic mass is 19.1. The Bertz CT molecular complexity index is 1060. The second-order valence-corrected chi connectivity index (χ2v) is 8.19. The molecule has 1 saturated heterocycles. The number of aromatic nitrogens is 3. The van der Waals surface area contributed by atoms with Crippen LogP contribution in [-0.4, -0.2) is 38.8 Å². The molecule has 148 valence electrons. The van der Waals surface area contributed by atoms with E-state index < -0.39 is 0 Å². The number of rotatable bonds is 2. The minimum absolute atomic E-state index is 0.0369. The molecule has 2 fully saturated rings. The second-order valence-electron chi connectivity index (χ2n) is 8.19. The Hall–Kier alpha value is -2.89. The van der Waals surface area contributed by atoms with E-state index in [1.807, 2.05) is 4.90 Å². The van der Waals surface area contributed by atoms with Crippen LogP contribution in [0.25, 0.3) is 22.2 Å². The molecule has 2 atom stereocenters. The molecule has 2 aromatic heterocycles. The minimum Gasteiger partial charge on any atom is -0.338 e. The summed E-state index contributed by atoms with van der Waals surface area (Å²) in [5.74, 6) is 0.935.